The van der Waals surface area contributed by atoms with E-state index in [9.17, 15) is 4.79 Å². The Bertz CT molecular complexity index is 578. The van der Waals surface area contributed by atoms with Gasteiger partial charge in [0, 0.05) is 31.7 Å². The minimum Gasteiger partial charge on any atom is -0.378 e. The predicted molar refractivity (Wildman–Crippen MR) is 99.3 cm³/mol. The highest BCUT2D eigenvalue weighted by atomic mass is 16.5. The van der Waals surface area contributed by atoms with Crippen LogP contribution in [0.25, 0.3) is 0 Å². The van der Waals surface area contributed by atoms with Gasteiger partial charge in [0.2, 0.25) is 0 Å². The fraction of sp³-hybridized carbons (Fsp3) is 0.650. The molecule has 5 heteroatoms. The van der Waals surface area contributed by atoms with Crippen molar-refractivity contribution in [3.8, 4) is 0 Å². The molecule has 2 N–H and O–H groups in total. The van der Waals surface area contributed by atoms with Crippen LogP contribution in [0.3, 0.4) is 0 Å². The van der Waals surface area contributed by atoms with Crippen molar-refractivity contribution in [3.63, 3.8) is 0 Å². The molecule has 1 aliphatic carbocycles. The van der Waals surface area contributed by atoms with Gasteiger partial charge < -0.3 is 20.3 Å². The molecule has 25 heavy (non-hydrogen) atoms. The summed E-state index contributed by atoms with van der Waals surface area (Å²) >= 11 is 0. The van der Waals surface area contributed by atoms with Crippen LogP contribution in [-0.4, -0.2) is 43.3 Å². The van der Waals surface area contributed by atoms with Gasteiger partial charge in [-0.3, -0.25) is 0 Å². The van der Waals surface area contributed by atoms with E-state index in [0.29, 0.717) is 18.6 Å². The van der Waals surface area contributed by atoms with Gasteiger partial charge in [-0.2, -0.15) is 0 Å². The van der Waals surface area contributed by atoms with E-state index in [0.717, 1.165) is 50.9 Å². The number of urea groups is 1. The summed E-state index contributed by atoms with van der Waals surface area (Å²) in [6.45, 7) is 5.52. The first-order valence-electron chi connectivity index (χ1n) is 9.58. The first kappa shape index (κ1) is 18.2. The Morgan fingerprint density at radius 1 is 1.28 bits per heavy atom. The van der Waals surface area contributed by atoms with Gasteiger partial charge in [-0.25, -0.2) is 4.79 Å². The van der Waals surface area contributed by atoms with Crippen molar-refractivity contribution in [2.75, 3.05) is 20.2 Å². The van der Waals surface area contributed by atoms with Crippen LogP contribution in [0, 0.1) is 5.92 Å². The second-order valence-electron chi connectivity index (χ2n) is 7.38. The summed E-state index contributed by atoms with van der Waals surface area (Å²) in [5.74, 6) is 0.493. The molecular weight excluding hydrogens is 314 g/mol. The molecule has 0 spiro atoms. The van der Waals surface area contributed by atoms with Crippen LogP contribution in [-0.2, 0) is 17.8 Å². The van der Waals surface area contributed by atoms with Crippen LogP contribution >= 0.6 is 0 Å². The maximum atomic E-state index is 12.3. The van der Waals surface area contributed by atoms with E-state index >= 15 is 0 Å². The Kier molecular flexibility index (Phi) is 6.32. The summed E-state index contributed by atoms with van der Waals surface area (Å²) in [6, 6.07) is 8.64. The van der Waals surface area contributed by atoms with E-state index in [2.05, 4.69) is 53.8 Å². The van der Waals surface area contributed by atoms with Crippen molar-refractivity contribution in [1.82, 2.24) is 15.5 Å². The molecule has 1 saturated heterocycles. The molecule has 0 unspecified atom stereocenters. The fourth-order valence-electron chi connectivity index (χ4n) is 4.02. The zero-order valence-corrected chi connectivity index (χ0v) is 15.5. The number of hydrogen-bond donors (Lipinski definition) is 2. The zero-order valence-electron chi connectivity index (χ0n) is 15.5. The largest absolute Gasteiger partial charge is 0.378 e. The smallest absolute Gasteiger partial charge is 0.315 e. The number of hydrogen-bond acceptors (Lipinski definition) is 3. The van der Waals surface area contributed by atoms with Gasteiger partial charge >= 0.3 is 6.03 Å². The normalized spacial score (nSPS) is 25.6. The standard InChI is InChI=1S/C20H31N3O2/c1-3-23(2)14-16-7-4-6-15(12-16)13-21-20(24)22-18-8-5-9-19-17(18)10-11-25-19/h4,6-7,12,17-19H,3,5,8-11,13-14H2,1-2H3,(H2,21,22,24)/t17-,18+,19+/m0/s1. The summed E-state index contributed by atoms with van der Waals surface area (Å²) in [5, 5.41) is 6.19. The number of benzene rings is 1. The Morgan fingerprint density at radius 2 is 2.12 bits per heavy atom. The predicted octanol–water partition coefficient (Wildman–Crippen LogP) is 2.90. The molecule has 5 nitrogen and oxygen atoms in total. The van der Waals surface area contributed by atoms with Crippen LogP contribution < -0.4 is 10.6 Å². The van der Waals surface area contributed by atoms with E-state index in [-0.39, 0.29) is 12.1 Å². The minimum atomic E-state index is -0.0615. The molecule has 0 aromatic heterocycles. The highest BCUT2D eigenvalue weighted by molar-refractivity contribution is 5.74. The molecule has 1 aromatic rings. The summed E-state index contributed by atoms with van der Waals surface area (Å²) in [4.78, 5) is 14.6. The molecule has 0 bridgehead atoms. The van der Waals surface area contributed by atoms with Crippen LogP contribution in [0.4, 0.5) is 4.79 Å². The Morgan fingerprint density at radius 3 is 2.96 bits per heavy atom. The Labute approximate surface area is 151 Å². The molecule has 1 aromatic carbocycles. The van der Waals surface area contributed by atoms with Crippen LogP contribution in [0.2, 0.25) is 0 Å². The number of carbonyl (C=O) groups is 1. The van der Waals surface area contributed by atoms with Crippen molar-refractivity contribution in [2.24, 2.45) is 5.92 Å². The molecule has 1 aliphatic heterocycles. The molecule has 0 radical (unpaired) electrons. The van der Waals surface area contributed by atoms with E-state index < -0.39 is 0 Å². The van der Waals surface area contributed by atoms with Gasteiger partial charge in [-0.15, -0.1) is 0 Å². The number of nitrogens with zero attached hydrogens (tertiary/aromatic N) is 1. The van der Waals surface area contributed by atoms with E-state index in [4.69, 9.17) is 4.74 Å². The molecule has 3 rings (SSSR count). The third kappa shape index (κ3) is 4.95. The molecular formula is C20H31N3O2. The lowest BCUT2D eigenvalue weighted by Crippen LogP contribution is -2.49. The average molecular weight is 345 g/mol. The lowest BCUT2D eigenvalue weighted by atomic mass is 9.82. The number of rotatable bonds is 6. The van der Waals surface area contributed by atoms with Crippen LogP contribution in [0.15, 0.2) is 24.3 Å². The molecule has 2 amide bonds. The first-order valence-corrected chi connectivity index (χ1v) is 9.58. The zero-order chi connectivity index (χ0) is 17.6. The molecule has 2 fully saturated rings. The second-order valence-corrected chi connectivity index (χ2v) is 7.38. The maximum Gasteiger partial charge on any atom is 0.315 e. The lowest BCUT2D eigenvalue weighted by Gasteiger charge is -2.33. The molecule has 2 aliphatic rings. The quantitative estimate of drug-likeness (QED) is 0.833. The van der Waals surface area contributed by atoms with Crippen LogP contribution in [0.1, 0.15) is 43.7 Å². The van der Waals surface area contributed by atoms with Crippen molar-refractivity contribution >= 4 is 6.03 Å². The van der Waals surface area contributed by atoms with E-state index in [1.807, 2.05) is 0 Å². The van der Waals surface area contributed by atoms with E-state index in [1.165, 1.54) is 5.56 Å². The highest BCUT2D eigenvalue weighted by Crippen LogP contribution is 2.34. The highest BCUT2D eigenvalue weighted by Gasteiger charge is 2.38. The third-order valence-corrected chi connectivity index (χ3v) is 5.53. The van der Waals surface area contributed by atoms with Gasteiger partial charge in [0.25, 0.3) is 0 Å². The van der Waals surface area contributed by atoms with Gasteiger partial charge in [0.05, 0.1) is 6.10 Å². The molecule has 1 saturated carbocycles. The number of carbonyl (C=O) groups excluding carboxylic acids is 1. The Hall–Kier alpha value is -1.59. The van der Waals surface area contributed by atoms with Crippen molar-refractivity contribution < 1.29 is 9.53 Å². The minimum absolute atomic E-state index is 0.0615. The monoisotopic (exact) mass is 345 g/mol. The van der Waals surface area contributed by atoms with E-state index in [1.54, 1.807) is 0 Å². The molecule has 1 heterocycles. The second kappa shape index (κ2) is 8.68. The fourth-order valence-corrected chi connectivity index (χ4v) is 4.02. The van der Waals surface area contributed by atoms with Crippen molar-refractivity contribution in [1.29, 1.82) is 0 Å². The van der Waals surface area contributed by atoms with Crippen LogP contribution in [0.5, 0.6) is 0 Å². The number of ether oxygens (including phenoxy) is 1. The number of fused-ring (bicyclic) bond motifs is 1. The average Bonchev–Trinajstić information content (AvgIpc) is 3.10. The summed E-state index contributed by atoms with van der Waals surface area (Å²) in [5.41, 5.74) is 2.42. The topological polar surface area (TPSA) is 53.6 Å². The van der Waals surface area contributed by atoms with Gasteiger partial charge in [0.15, 0.2) is 0 Å². The van der Waals surface area contributed by atoms with Gasteiger partial charge in [-0.1, -0.05) is 31.2 Å². The maximum absolute atomic E-state index is 12.3. The summed E-state index contributed by atoms with van der Waals surface area (Å²) in [7, 11) is 2.11. The summed E-state index contributed by atoms with van der Waals surface area (Å²) < 4.78 is 5.78. The molecule has 138 valence electrons. The third-order valence-electron chi connectivity index (χ3n) is 5.53. The van der Waals surface area contributed by atoms with Gasteiger partial charge in [0.1, 0.15) is 0 Å². The Balaban J connectivity index is 1.48. The summed E-state index contributed by atoms with van der Waals surface area (Å²) in [6.07, 6.45) is 4.77. The molecule has 3 atom stereocenters. The number of nitrogens with one attached hydrogen (secondary N) is 2. The SMILES string of the molecule is CCN(C)Cc1cccc(CNC(=O)N[C@@H]2CCC[C@H]3OCC[C@@H]23)c1. The first-order chi connectivity index (χ1) is 12.2. The van der Waals surface area contributed by atoms with Gasteiger partial charge in [-0.05, 0) is 50.4 Å². The number of amides is 2. The van der Waals surface area contributed by atoms with Crippen molar-refractivity contribution in [3.05, 3.63) is 35.4 Å². The van der Waals surface area contributed by atoms with Crippen molar-refractivity contribution in [2.45, 2.75) is 57.8 Å². The lowest BCUT2D eigenvalue weighted by molar-refractivity contribution is 0.0549.